The van der Waals surface area contributed by atoms with E-state index in [4.69, 9.17) is 11.5 Å². The first-order chi connectivity index (χ1) is 15.7. The van der Waals surface area contributed by atoms with E-state index in [0.29, 0.717) is 13.0 Å². The van der Waals surface area contributed by atoms with Crippen LogP contribution in [-0.2, 0) is 19.2 Å². The Morgan fingerprint density at radius 3 is 2.47 bits per heavy atom. The number of allylic oxidation sites excluding steroid dienone is 2. The van der Waals surface area contributed by atoms with Crippen molar-refractivity contribution in [3.05, 3.63) is 12.2 Å². The number of hydrogen-bond donors (Lipinski definition) is 4. The minimum atomic E-state index is -3.00. The van der Waals surface area contributed by atoms with E-state index >= 15 is 0 Å². The highest BCUT2D eigenvalue weighted by Crippen LogP contribution is 2.61. The van der Waals surface area contributed by atoms with Gasteiger partial charge in [-0.05, 0) is 24.2 Å². The second-order valence-corrected chi connectivity index (χ2v) is 11.1. The molecule has 0 unspecified atom stereocenters. The van der Waals surface area contributed by atoms with Crippen LogP contribution in [0.4, 0.5) is 8.78 Å². The molecule has 9 nitrogen and oxygen atoms in total. The summed E-state index contributed by atoms with van der Waals surface area (Å²) in [4.78, 5) is 52.2. The topological polar surface area (TPSA) is 148 Å². The summed E-state index contributed by atoms with van der Waals surface area (Å²) in [6.07, 6.45) is 3.41. The van der Waals surface area contributed by atoms with Crippen molar-refractivity contribution < 1.29 is 28.0 Å². The summed E-state index contributed by atoms with van der Waals surface area (Å²) < 4.78 is 29.8. The lowest BCUT2D eigenvalue weighted by molar-refractivity contribution is -0.144. The first-order valence-electron chi connectivity index (χ1n) is 11.7. The molecule has 188 valence electrons. The fraction of sp³-hybridized carbons (Fsp3) is 0.739. The van der Waals surface area contributed by atoms with Crippen LogP contribution in [0.3, 0.4) is 0 Å². The summed E-state index contributed by atoms with van der Waals surface area (Å²) in [5.74, 6) is -9.40. The number of amides is 4. The average Bonchev–Trinajstić information content (AvgIpc) is 3.45. The number of halogens is 2. The quantitative estimate of drug-likeness (QED) is 0.386. The Kier molecular flexibility index (Phi) is 5.98. The van der Waals surface area contributed by atoms with Crippen LogP contribution in [0.15, 0.2) is 12.2 Å². The Balaban J connectivity index is 1.61. The first-order valence-corrected chi connectivity index (χ1v) is 11.7. The fourth-order valence-electron chi connectivity index (χ4n) is 6.00. The summed E-state index contributed by atoms with van der Waals surface area (Å²) in [6.45, 7) is 5.82. The van der Waals surface area contributed by atoms with Gasteiger partial charge in [-0.25, -0.2) is 8.78 Å². The minimum absolute atomic E-state index is 0.00525. The number of primary amides is 1. The van der Waals surface area contributed by atoms with Crippen molar-refractivity contribution in [3.63, 3.8) is 0 Å². The molecule has 4 rings (SSSR count). The molecular weight excluding hydrogens is 448 g/mol. The molecule has 2 aliphatic heterocycles. The maximum Gasteiger partial charge on any atom is 0.261 e. The summed E-state index contributed by atoms with van der Waals surface area (Å²) in [7, 11) is 0. The number of nitrogens with two attached hydrogens (primary N) is 2. The van der Waals surface area contributed by atoms with E-state index in [1.807, 2.05) is 0 Å². The molecule has 0 spiro atoms. The lowest BCUT2D eigenvalue weighted by Crippen LogP contribution is -2.59. The van der Waals surface area contributed by atoms with Crippen LogP contribution in [0, 0.1) is 35.0 Å². The van der Waals surface area contributed by atoms with Crippen molar-refractivity contribution in [1.29, 1.82) is 0 Å². The lowest BCUT2D eigenvalue weighted by atomic mass is 9.81. The van der Waals surface area contributed by atoms with Gasteiger partial charge in [0.2, 0.25) is 23.6 Å². The Hall–Kier alpha value is -2.56. The Bertz CT molecular complexity index is 933. The van der Waals surface area contributed by atoms with Gasteiger partial charge in [-0.1, -0.05) is 32.9 Å². The van der Waals surface area contributed by atoms with Crippen LogP contribution in [-0.4, -0.2) is 65.7 Å². The molecule has 8 atom stereocenters. The molecular formula is C23H33F2N5O4. The third-order valence-electron chi connectivity index (χ3n) is 7.99. The summed E-state index contributed by atoms with van der Waals surface area (Å²) in [6, 6.07) is -3.32. The zero-order chi connectivity index (χ0) is 25.2. The van der Waals surface area contributed by atoms with Crippen molar-refractivity contribution in [2.24, 2.45) is 46.5 Å². The molecule has 3 fully saturated rings. The lowest BCUT2D eigenvalue weighted by Gasteiger charge is -2.35. The van der Waals surface area contributed by atoms with E-state index in [2.05, 4.69) is 10.6 Å². The van der Waals surface area contributed by atoms with Crippen LogP contribution >= 0.6 is 0 Å². The second kappa shape index (κ2) is 8.28. The number of nitrogens with zero attached hydrogens (tertiary/aromatic N) is 1. The highest BCUT2D eigenvalue weighted by atomic mass is 19.3. The molecule has 34 heavy (non-hydrogen) atoms. The van der Waals surface area contributed by atoms with E-state index in [1.165, 1.54) is 17.1 Å². The Labute approximate surface area is 197 Å². The number of rotatable bonds is 6. The van der Waals surface area contributed by atoms with Gasteiger partial charge in [0.15, 0.2) is 0 Å². The van der Waals surface area contributed by atoms with Crippen molar-refractivity contribution in [2.45, 2.75) is 57.7 Å². The van der Waals surface area contributed by atoms with Gasteiger partial charge in [0.05, 0.1) is 6.04 Å². The van der Waals surface area contributed by atoms with Gasteiger partial charge in [0.25, 0.3) is 5.92 Å². The van der Waals surface area contributed by atoms with Crippen molar-refractivity contribution in [2.75, 3.05) is 13.1 Å². The highest BCUT2D eigenvalue weighted by molar-refractivity contribution is 5.94. The number of carbonyl (C=O) groups is 4. The van der Waals surface area contributed by atoms with Crippen molar-refractivity contribution >= 4 is 23.6 Å². The van der Waals surface area contributed by atoms with E-state index in [-0.39, 0.29) is 18.9 Å². The van der Waals surface area contributed by atoms with Crippen LogP contribution in [0.1, 0.15) is 33.6 Å². The molecule has 2 saturated heterocycles. The van der Waals surface area contributed by atoms with Gasteiger partial charge >= 0.3 is 0 Å². The van der Waals surface area contributed by atoms with Gasteiger partial charge in [-0.15, -0.1) is 0 Å². The largest absolute Gasteiger partial charge is 0.368 e. The molecule has 2 bridgehead atoms. The molecule has 6 N–H and O–H groups in total. The number of fused-ring (bicyclic) bond motifs is 5. The highest BCUT2D eigenvalue weighted by Gasteiger charge is 2.70. The molecule has 2 heterocycles. The molecule has 4 aliphatic rings. The zero-order valence-corrected chi connectivity index (χ0v) is 19.6. The number of carbonyl (C=O) groups excluding carboxylic acids is 4. The van der Waals surface area contributed by atoms with E-state index in [9.17, 15) is 28.0 Å². The first kappa shape index (κ1) is 24.6. The van der Waals surface area contributed by atoms with Crippen LogP contribution < -0.4 is 22.1 Å². The molecule has 0 aromatic carbocycles. The SMILES string of the molecule is CC(C)(C)[C@H](N)C(=O)N1C[C@H]2[C@@H]([C@H]1C(=O)N[C@@H](C[C@@H]1CCNC1=O)C(N)=O)[C@H]1C=C[C@@H]2C1(F)F. The van der Waals surface area contributed by atoms with E-state index in [1.54, 1.807) is 20.8 Å². The minimum Gasteiger partial charge on any atom is -0.368 e. The van der Waals surface area contributed by atoms with Gasteiger partial charge < -0.3 is 27.0 Å². The number of hydrogen-bond acceptors (Lipinski definition) is 5. The van der Waals surface area contributed by atoms with Gasteiger partial charge in [-0.2, -0.15) is 0 Å². The number of nitrogens with one attached hydrogen (secondary N) is 2. The third kappa shape index (κ3) is 3.87. The predicted molar refractivity (Wildman–Crippen MR) is 118 cm³/mol. The predicted octanol–water partition coefficient (Wildman–Crippen LogP) is -0.250. The molecule has 0 radical (unpaired) electrons. The fourth-order valence-corrected chi connectivity index (χ4v) is 6.00. The molecule has 4 amide bonds. The van der Waals surface area contributed by atoms with Gasteiger partial charge in [0.1, 0.15) is 12.1 Å². The smallest absolute Gasteiger partial charge is 0.261 e. The van der Waals surface area contributed by atoms with Crippen molar-refractivity contribution in [3.8, 4) is 0 Å². The van der Waals surface area contributed by atoms with Gasteiger partial charge in [-0.3, -0.25) is 19.2 Å². The summed E-state index contributed by atoms with van der Waals surface area (Å²) >= 11 is 0. The Morgan fingerprint density at radius 2 is 1.91 bits per heavy atom. The van der Waals surface area contributed by atoms with Crippen LogP contribution in [0.5, 0.6) is 0 Å². The molecule has 2 aliphatic carbocycles. The van der Waals surface area contributed by atoms with Crippen molar-refractivity contribution in [1.82, 2.24) is 15.5 Å². The zero-order valence-electron chi connectivity index (χ0n) is 19.6. The van der Waals surface area contributed by atoms with Crippen LogP contribution in [0.2, 0.25) is 0 Å². The summed E-state index contributed by atoms with van der Waals surface area (Å²) in [5.41, 5.74) is 11.1. The molecule has 0 aromatic heterocycles. The number of alkyl halides is 2. The second-order valence-electron chi connectivity index (χ2n) is 11.1. The normalized spacial score (nSPS) is 35.1. The maximum absolute atomic E-state index is 14.9. The van der Waals surface area contributed by atoms with E-state index in [0.717, 1.165) is 0 Å². The molecule has 11 heteroatoms. The Morgan fingerprint density at radius 1 is 1.26 bits per heavy atom. The monoisotopic (exact) mass is 481 g/mol. The number of likely N-dealkylation sites (tertiary alicyclic amines) is 1. The summed E-state index contributed by atoms with van der Waals surface area (Å²) in [5, 5.41) is 5.24. The maximum atomic E-state index is 14.9. The standard InChI is InChI=1S/C23H33F2N5O4/c1-22(2,3)17(26)21(34)30-9-11-12-4-5-13(23(12,24)25)15(11)16(30)20(33)29-14(18(27)31)8-10-6-7-28-19(10)32/h4-5,10-17H,6-9,26H2,1-3H3,(H2,27,31)(H,28,32)(H,29,33)/t10-,11+,12-,13+,14-,15+,16-,17+/m0/s1. The average molecular weight is 482 g/mol. The van der Waals surface area contributed by atoms with Crippen LogP contribution in [0.25, 0.3) is 0 Å². The van der Waals surface area contributed by atoms with Gasteiger partial charge in [0, 0.05) is 36.8 Å². The van der Waals surface area contributed by atoms with E-state index < -0.39 is 76.8 Å². The molecule has 1 saturated carbocycles. The molecule has 0 aromatic rings. The third-order valence-corrected chi connectivity index (χ3v) is 7.99.